The van der Waals surface area contributed by atoms with Gasteiger partial charge in [-0.25, -0.2) is 4.39 Å². The first-order chi connectivity index (χ1) is 12.9. The fourth-order valence-electron chi connectivity index (χ4n) is 3.09. The third-order valence-electron chi connectivity index (χ3n) is 4.71. The van der Waals surface area contributed by atoms with E-state index in [1.54, 1.807) is 12.1 Å². The van der Waals surface area contributed by atoms with E-state index in [1.807, 2.05) is 18.7 Å². The van der Waals surface area contributed by atoms with Crippen molar-refractivity contribution in [1.29, 1.82) is 0 Å². The Hall–Kier alpha value is -1.55. The van der Waals surface area contributed by atoms with Crippen molar-refractivity contribution in [1.82, 2.24) is 18.8 Å². The third-order valence-corrected chi connectivity index (χ3v) is 6.89. The maximum absolute atomic E-state index is 12.9. The van der Waals surface area contributed by atoms with Crippen LogP contribution in [0.25, 0.3) is 0 Å². The number of amides is 1. The largest absolute Gasteiger partial charge is 0.355 e. The molecule has 1 aromatic rings. The lowest BCUT2D eigenvalue weighted by Crippen LogP contribution is -2.54. The molecule has 0 spiro atoms. The van der Waals surface area contributed by atoms with Gasteiger partial charge in [-0.05, 0) is 24.1 Å². The van der Waals surface area contributed by atoms with E-state index in [9.17, 15) is 17.6 Å². The summed E-state index contributed by atoms with van der Waals surface area (Å²) in [6.07, 6.45) is 0.641. The zero-order chi connectivity index (χ0) is 19.9. The van der Waals surface area contributed by atoms with Gasteiger partial charge in [0.15, 0.2) is 0 Å². The molecule has 0 bridgehead atoms. The fourth-order valence-corrected chi connectivity index (χ4v) is 4.69. The zero-order valence-corrected chi connectivity index (χ0v) is 16.8. The maximum atomic E-state index is 12.9. The molecule has 2 rings (SSSR count). The van der Waals surface area contributed by atoms with Gasteiger partial charge in [0.2, 0.25) is 5.91 Å². The molecule has 27 heavy (non-hydrogen) atoms. The van der Waals surface area contributed by atoms with Crippen LogP contribution in [0.5, 0.6) is 0 Å². The molecule has 1 heterocycles. The first-order valence-electron chi connectivity index (χ1n) is 9.35. The number of piperazine rings is 1. The van der Waals surface area contributed by atoms with E-state index < -0.39 is 10.2 Å². The van der Waals surface area contributed by atoms with Gasteiger partial charge in [-0.3, -0.25) is 9.69 Å². The average Bonchev–Trinajstić information content (AvgIpc) is 2.64. The van der Waals surface area contributed by atoms with Gasteiger partial charge in [-0.2, -0.15) is 17.0 Å². The SMILES string of the molecule is CCN(CC)S(=O)(=O)N1CCN(CC(=O)NCCc2ccc(F)cc2)CC1. The predicted octanol–water partition coefficient (Wildman–Crippen LogP) is 0.689. The Balaban J connectivity index is 1.72. The second kappa shape index (κ2) is 10.1. The molecule has 152 valence electrons. The van der Waals surface area contributed by atoms with Crippen LogP contribution in [0.2, 0.25) is 0 Å². The molecule has 1 aliphatic rings. The second-order valence-corrected chi connectivity index (χ2v) is 8.42. The van der Waals surface area contributed by atoms with E-state index in [1.165, 1.54) is 20.7 Å². The van der Waals surface area contributed by atoms with Crippen molar-refractivity contribution in [3.63, 3.8) is 0 Å². The summed E-state index contributed by atoms with van der Waals surface area (Å²) in [4.78, 5) is 14.0. The van der Waals surface area contributed by atoms with Gasteiger partial charge in [0.25, 0.3) is 10.2 Å². The normalized spacial score (nSPS) is 16.6. The fraction of sp³-hybridized carbons (Fsp3) is 0.611. The van der Waals surface area contributed by atoms with Crippen LogP contribution in [-0.2, 0) is 21.4 Å². The van der Waals surface area contributed by atoms with Gasteiger partial charge in [0, 0.05) is 45.8 Å². The molecule has 0 aromatic heterocycles. The first-order valence-corrected chi connectivity index (χ1v) is 10.7. The molecule has 1 aliphatic heterocycles. The van der Waals surface area contributed by atoms with Crippen molar-refractivity contribution in [3.05, 3.63) is 35.6 Å². The summed E-state index contributed by atoms with van der Waals surface area (Å²) in [6.45, 7) is 7.15. The van der Waals surface area contributed by atoms with Crippen molar-refractivity contribution in [2.45, 2.75) is 20.3 Å². The summed E-state index contributed by atoms with van der Waals surface area (Å²) >= 11 is 0. The molecule has 9 heteroatoms. The summed E-state index contributed by atoms with van der Waals surface area (Å²) < 4.78 is 40.8. The Bertz CT molecular complexity index is 700. The molecule has 7 nitrogen and oxygen atoms in total. The number of nitrogens with zero attached hydrogens (tertiary/aromatic N) is 3. The van der Waals surface area contributed by atoms with E-state index in [4.69, 9.17) is 0 Å². The van der Waals surface area contributed by atoms with Crippen LogP contribution < -0.4 is 5.32 Å². The number of halogens is 1. The Morgan fingerprint density at radius 1 is 1.11 bits per heavy atom. The molecule has 1 fully saturated rings. The summed E-state index contributed by atoms with van der Waals surface area (Å²) in [5.74, 6) is -0.359. The molecular weight excluding hydrogens is 371 g/mol. The zero-order valence-electron chi connectivity index (χ0n) is 16.0. The summed E-state index contributed by atoms with van der Waals surface area (Å²) in [7, 11) is -3.41. The molecule has 1 amide bonds. The van der Waals surface area contributed by atoms with Crippen molar-refractivity contribution in [2.24, 2.45) is 0 Å². The van der Waals surface area contributed by atoms with Crippen molar-refractivity contribution >= 4 is 16.1 Å². The minimum Gasteiger partial charge on any atom is -0.355 e. The van der Waals surface area contributed by atoms with E-state index in [2.05, 4.69) is 5.32 Å². The lowest BCUT2D eigenvalue weighted by molar-refractivity contribution is -0.122. The van der Waals surface area contributed by atoms with Crippen molar-refractivity contribution in [3.8, 4) is 0 Å². The number of carbonyl (C=O) groups excluding carboxylic acids is 1. The Labute approximate surface area is 161 Å². The molecule has 1 N–H and O–H groups in total. The Kier molecular flexibility index (Phi) is 8.15. The molecule has 1 aromatic carbocycles. The molecular formula is C18H29FN4O3S. The number of hydrogen-bond donors (Lipinski definition) is 1. The number of rotatable bonds is 9. The standard InChI is InChI=1S/C18H29FN4O3S/c1-3-22(4-2)27(25,26)23-13-11-21(12-14-23)15-18(24)20-10-9-16-5-7-17(19)8-6-16/h5-8H,3-4,9-15H2,1-2H3,(H,20,24). The van der Waals surface area contributed by atoms with Gasteiger partial charge in [0.1, 0.15) is 5.82 Å². The van der Waals surface area contributed by atoms with E-state index in [0.717, 1.165) is 5.56 Å². The van der Waals surface area contributed by atoms with Crippen LogP contribution in [0.15, 0.2) is 24.3 Å². The highest BCUT2D eigenvalue weighted by atomic mass is 32.2. The third kappa shape index (κ3) is 6.24. The lowest BCUT2D eigenvalue weighted by atomic mass is 10.1. The minimum atomic E-state index is -3.41. The van der Waals surface area contributed by atoms with E-state index >= 15 is 0 Å². The molecule has 0 atom stereocenters. The van der Waals surface area contributed by atoms with Crippen LogP contribution in [-0.4, -0.2) is 80.2 Å². The first kappa shape index (κ1) is 21.7. The van der Waals surface area contributed by atoms with Crippen molar-refractivity contribution < 1.29 is 17.6 Å². The Morgan fingerprint density at radius 3 is 2.26 bits per heavy atom. The van der Waals surface area contributed by atoms with Gasteiger partial charge < -0.3 is 5.32 Å². The molecule has 0 unspecified atom stereocenters. The molecule has 1 saturated heterocycles. The highest BCUT2D eigenvalue weighted by molar-refractivity contribution is 7.86. The maximum Gasteiger partial charge on any atom is 0.282 e. The quantitative estimate of drug-likeness (QED) is 0.662. The topological polar surface area (TPSA) is 73.0 Å². The average molecular weight is 401 g/mol. The summed E-state index contributed by atoms with van der Waals surface area (Å²) in [5.41, 5.74) is 0.965. The number of nitrogens with one attached hydrogen (secondary N) is 1. The van der Waals surface area contributed by atoms with E-state index in [0.29, 0.717) is 52.2 Å². The molecule has 0 radical (unpaired) electrons. The van der Waals surface area contributed by atoms with Crippen LogP contribution in [0.3, 0.4) is 0 Å². The van der Waals surface area contributed by atoms with Gasteiger partial charge in [0.05, 0.1) is 6.54 Å². The monoisotopic (exact) mass is 400 g/mol. The number of carbonyl (C=O) groups is 1. The summed E-state index contributed by atoms with van der Waals surface area (Å²) in [5, 5.41) is 2.86. The Morgan fingerprint density at radius 2 is 1.70 bits per heavy atom. The predicted molar refractivity (Wildman–Crippen MR) is 103 cm³/mol. The number of hydrogen-bond acceptors (Lipinski definition) is 4. The second-order valence-electron chi connectivity index (χ2n) is 6.49. The molecule has 0 saturated carbocycles. The van der Waals surface area contributed by atoms with Crippen LogP contribution >= 0.6 is 0 Å². The smallest absolute Gasteiger partial charge is 0.282 e. The van der Waals surface area contributed by atoms with Crippen LogP contribution in [0.1, 0.15) is 19.4 Å². The highest BCUT2D eigenvalue weighted by Crippen LogP contribution is 2.12. The highest BCUT2D eigenvalue weighted by Gasteiger charge is 2.31. The van der Waals surface area contributed by atoms with Crippen LogP contribution in [0.4, 0.5) is 4.39 Å². The van der Waals surface area contributed by atoms with Crippen LogP contribution in [0, 0.1) is 5.82 Å². The summed E-state index contributed by atoms with van der Waals surface area (Å²) in [6, 6.07) is 6.22. The van der Waals surface area contributed by atoms with Gasteiger partial charge >= 0.3 is 0 Å². The number of benzene rings is 1. The lowest BCUT2D eigenvalue weighted by Gasteiger charge is -2.35. The molecule has 0 aliphatic carbocycles. The van der Waals surface area contributed by atoms with Gasteiger partial charge in [-0.1, -0.05) is 26.0 Å². The minimum absolute atomic E-state index is 0.0860. The van der Waals surface area contributed by atoms with E-state index in [-0.39, 0.29) is 18.3 Å². The van der Waals surface area contributed by atoms with Gasteiger partial charge in [-0.15, -0.1) is 0 Å². The van der Waals surface area contributed by atoms with Crippen molar-refractivity contribution in [2.75, 3.05) is 52.4 Å².